The first-order valence-corrected chi connectivity index (χ1v) is 12.7. The molecule has 3 rings (SSSR count). The Bertz CT molecular complexity index is 1050. The molecule has 2 N–H and O–H groups in total. The standard InChI is InChI=1S/C23H30N4O4S2/c1-26(2)13-19-7-8-20(31-19)17-32-12-10-25-23(14-27(28)29)24-9-11-30-15-18-16-33-22-6-4-3-5-21(18)22/h3-8,14,16,24-25H,9-13,15,17H2,1-2H3. The van der Waals surface area contributed by atoms with Crippen LogP contribution in [0.1, 0.15) is 17.1 Å². The van der Waals surface area contributed by atoms with Crippen LogP contribution >= 0.6 is 23.1 Å². The van der Waals surface area contributed by atoms with E-state index < -0.39 is 4.92 Å². The van der Waals surface area contributed by atoms with Crippen LogP contribution in [0.25, 0.3) is 10.1 Å². The number of furan rings is 1. The molecule has 0 atom stereocenters. The van der Waals surface area contributed by atoms with Crippen LogP contribution in [0.2, 0.25) is 0 Å². The number of thioether (sulfide) groups is 1. The van der Waals surface area contributed by atoms with Gasteiger partial charge < -0.3 is 24.7 Å². The minimum Gasteiger partial charge on any atom is -0.464 e. The van der Waals surface area contributed by atoms with Crippen molar-refractivity contribution in [1.82, 2.24) is 15.5 Å². The highest BCUT2D eigenvalue weighted by Crippen LogP contribution is 2.26. The predicted molar refractivity (Wildman–Crippen MR) is 135 cm³/mol. The van der Waals surface area contributed by atoms with E-state index in [9.17, 15) is 10.1 Å². The van der Waals surface area contributed by atoms with Crippen molar-refractivity contribution in [3.05, 3.63) is 81.0 Å². The molecule has 0 saturated carbocycles. The summed E-state index contributed by atoms with van der Waals surface area (Å²) >= 11 is 3.42. The van der Waals surface area contributed by atoms with Crippen LogP contribution < -0.4 is 10.6 Å². The number of fused-ring (bicyclic) bond motifs is 1. The lowest BCUT2D eigenvalue weighted by atomic mass is 10.2. The van der Waals surface area contributed by atoms with Crippen molar-refractivity contribution < 1.29 is 14.1 Å². The number of nitrogens with zero attached hydrogens (tertiary/aromatic N) is 2. The van der Waals surface area contributed by atoms with Gasteiger partial charge in [0.1, 0.15) is 11.5 Å². The fraction of sp³-hybridized carbons (Fsp3) is 0.391. The Morgan fingerprint density at radius 3 is 2.82 bits per heavy atom. The molecule has 33 heavy (non-hydrogen) atoms. The van der Waals surface area contributed by atoms with Crippen LogP contribution in [0.15, 0.2) is 58.2 Å². The van der Waals surface area contributed by atoms with Crippen LogP contribution in [0, 0.1) is 10.1 Å². The molecular formula is C23H30N4O4S2. The van der Waals surface area contributed by atoms with Crippen molar-refractivity contribution in [3.63, 3.8) is 0 Å². The number of hydrogen-bond acceptors (Lipinski definition) is 9. The van der Waals surface area contributed by atoms with Crippen molar-refractivity contribution in [2.75, 3.05) is 39.5 Å². The first-order chi connectivity index (χ1) is 16.0. The van der Waals surface area contributed by atoms with Crippen LogP contribution in [-0.4, -0.2) is 49.4 Å². The first kappa shape index (κ1) is 25.1. The second-order valence-electron chi connectivity index (χ2n) is 7.65. The third kappa shape index (κ3) is 8.73. The lowest BCUT2D eigenvalue weighted by Gasteiger charge is -2.11. The summed E-state index contributed by atoms with van der Waals surface area (Å²) in [5.74, 6) is 3.83. The summed E-state index contributed by atoms with van der Waals surface area (Å²) in [5.41, 5.74) is 1.16. The highest BCUT2D eigenvalue weighted by Gasteiger charge is 2.06. The number of thiophene rings is 1. The third-order valence-corrected chi connectivity index (χ3v) is 6.60. The number of rotatable bonds is 15. The van der Waals surface area contributed by atoms with Crippen molar-refractivity contribution in [1.29, 1.82) is 0 Å². The normalized spacial score (nSPS) is 11.9. The molecule has 0 spiro atoms. The Morgan fingerprint density at radius 2 is 2.00 bits per heavy atom. The molecule has 0 bridgehead atoms. The van der Waals surface area contributed by atoms with Crippen molar-refractivity contribution in [3.8, 4) is 0 Å². The van der Waals surface area contributed by atoms with Gasteiger partial charge in [0.2, 0.25) is 0 Å². The van der Waals surface area contributed by atoms with Gasteiger partial charge in [0, 0.05) is 23.5 Å². The predicted octanol–water partition coefficient (Wildman–Crippen LogP) is 4.26. The van der Waals surface area contributed by atoms with Gasteiger partial charge in [-0.15, -0.1) is 11.3 Å². The molecular weight excluding hydrogens is 460 g/mol. The molecule has 0 unspecified atom stereocenters. The van der Waals surface area contributed by atoms with E-state index in [1.807, 2.05) is 38.4 Å². The fourth-order valence-electron chi connectivity index (χ4n) is 3.17. The Hall–Kier alpha value is -2.53. The average Bonchev–Trinajstić information content (AvgIpc) is 3.39. The molecule has 0 saturated heterocycles. The summed E-state index contributed by atoms with van der Waals surface area (Å²) in [6, 6.07) is 12.2. The minimum absolute atomic E-state index is 0.386. The molecule has 0 aliphatic carbocycles. The van der Waals surface area contributed by atoms with E-state index in [1.165, 1.54) is 10.1 Å². The topological polar surface area (TPSA) is 92.8 Å². The monoisotopic (exact) mass is 490 g/mol. The van der Waals surface area contributed by atoms with E-state index in [0.29, 0.717) is 32.1 Å². The van der Waals surface area contributed by atoms with Crippen molar-refractivity contribution >= 4 is 33.2 Å². The summed E-state index contributed by atoms with van der Waals surface area (Å²) in [4.78, 5) is 12.5. The lowest BCUT2D eigenvalue weighted by Crippen LogP contribution is -2.31. The molecule has 178 valence electrons. The maximum Gasteiger partial charge on any atom is 0.274 e. The maximum absolute atomic E-state index is 10.9. The Labute approximate surface area is 202 Å². The lowest BCUT2D eigenvalue weighted by molar-refractivity contribution is -0.404. The highest BCUT2D eigenvalue weighted by atomic mass is 32.2. The average molecular weight is 491 g/mol. The van der Waals surface area contributed by atoms with Gasteiger partial charge >= 0.3 is 0 Å². The number of nitrogens with one attached hydrogen (secondary N) is 2. The molecule has 3 aromatic rings. The van der Waals surface area contributed by atoms with Gasteiger partial charge in [-0.05, 0) is 48.6 Å². The Kier molecular flexibility index (Phi) is 10.1. The van der Waals surface area contributed by atoms with Crippen LogP contribution in [-0.2, 0) is 23.6 Å². The van der Waals surface area contributed by atoms with Crippen LogP contribution in [0.4, 0.5) is 0 Å². The highest BCUT2D eigenvalue weighted by molar-refractivity contribution is 7.98. The zero-order valence-electron chi connectivity index (χ0n) is 18.9. The maximum atomic E-state index is 10.9. The summed E-state index contributed by atoms with van der Waals surface area (Å²) < 4.78 is 12.8. The number of ether oxygens (including phenoxy) is 1. The van der Waals surface area contributed by atoms with Gasteiger partial charge in [-0.2, -0.15) is 11.8 Å². The summed E-state index contributed by atoms with van der Waals surface area (Å²) in [5, 5.41) is 20.4. The molecule has 0 amide bonds. The van der Waals surface area contributed by atoms with Gasteiger partial charge in [-0.1, -0.05) is 18.2 Å². The number of nitro groups is 1. The van der Waals surface area contributed by atoms with Gasteiger partial charge in [0.15, 0.2) is 5.82 Å². The smallest absolute Gasteiger partial charge is 0.274 e. The van der Waals surface area contributed by atoms with Crippen molar-refractivity contribution in [2.45, 2.75) is 18.9 Å². The molecule has 1 aromatic carbocycles. The molecule has 0 radical (unpaired) electrons. The third-order valence-electron chi connectivity index (χ3n) is 4.61. The molecule has 8 nitrogen and oxygen atoms in total. The molecule has 0 fully saturated rings. The van der Waals surface area contributed by atoms with E-state index in [0.717, 1.165) is 41.3 Å². The van der Waals surface area contributed by atoms with Crippen molar-refractivity contribution in [2.24, 2.45) is 0 Å². The summed E-state index contributed by atoms with van der Waals surface area (Å²) in [6.45, 7) is 2.82. The van der Waals surface area contributed by atoms with Gasteiger partial charge in [0.25, 0.3) is 6.20 Å². The molecule has 0 aliphatic heterocycles. The Morgan fingerprint density at radius 1 is 1.21 bits per heavy atom. The van der Waals surface area contributed by atoms with E-state index in [2.05, 4.69) is 33.0 Å². The van der Waals surface area contributed by atoms with Crippen LogP contribution in [0.5, 0.6) is 0 Å². The zero-order chi connectivity index (χ0) is 23.5. The molecule has 0 aliphatic rings. The van der Waals surface area contributed by atoms with E-state index in [-0.39, 0.29) is 0 Å². The summed E-state index contributed by atoms with van der Waals surface area (Å²) in [6.07, 6.45) is 0.955. The van der Waals surface area contributed by atoms with Crippen LogP contribution in [0.3, 0.4) is 0 Å². The van der Waals surface area contributed by atoms with E-state index >= 15 is 0 Å². The quantitative estimate of drug-likeness (QED) is 0.185. The second-order valence-corrected chi connectivity index (χ2v) is 9.67. The zero-order valence-corrected chi connectivity index (χ0v) is 20.5. The summed E-state index contributed by atoms with van der Waals surface area (Å²) in [7, 11) is 4.01. The molecule has 2 aromatic heterocycles. The largest absolute Gasteiger partial charge is 0.464 e. The fourth-order valence-corrected chi connectivity index (χ4v) is 4.87. The van der Waals surface area contributed by atoms with Gasteiger partial charge in [-0.25, -0.2) is 0 Å². The number of benzene rings is 1. The van der Waals surface area contributed by atoms with E-state index in [1.54, 1.807) is 23.1 Å². The van der Waals surface area contributed by atoms with Gasteiger partial charge in [0.05, 0.1) is 30.4 Å². The number of hydrogen-bond donors (Lipinski definition) is 2. The minimum atomic E-state index is -0.462. The SMILES string of the molecule is CN(C)Cc1ccc(CSCCNC(=C[N+](=O)[O-])NCCOCc2csc3ccccc23)o1. The van der Waals surface area contributed by atoms with E-state index in [4.69, 9.17) is 9.15 Å². The molecule has 2 heterocycles. The second kappa shape index (κ2) is 13.2. The Balaban J connectivity index is 1.32. The molecule has 10 heteroatoms. The first-order valence-electron chi connectivity index (χ1n) is 10.7. The van der Waals surface area contributed by atoms with Gasteiger partial charge in [-0.3, -0.25) is 10.1 Å².